The van der Waals surface area contributed by atoms with E-state index in [9.17, 15) is 5.11 Å². The SMILES string of the molecule is CCCCCCCCCOc1ccc2c3c1OC1C(O)C=CC4C(C2)N(C)CCC341. The van der Waals surface area contributed by atoms with Crippen LogP contribution in [0.3, 0.4) is 0 Å². The fraction of sp³-hybridized carbons (Fsp3) is 0.692. The van der Waals surface area contributed by atoms with Crippen molar-refractivity contribution in [2.75, 3.05) is 20.2 Å². The van der Waals surface area contributed by atoms with Crippen molar-refractivity contribution in [2.45, 2.75) is 88.4 Å². The molecule has 0 radical (unpaired) electrons. The van der Waals surface area contributed by atoms with Crippen LogP contribution in [-0.2, 0) is 11.8 Å². The molecule has 1 aromatic rings. The van der Waals surface area contributed by atoms with Gasteiger partial charge in [0, 0.05) is 22.9 Å². The molecule has 4 nitrogen and oxygen atoms in total. The standard InChI is InChI=1S/C26H37NO3/c1-3-4-5-6-7-8-9-16-29-22-13-10-18-17-20-19-11-12-21(28)25-26(19,14-15-27(20)2)23(18)24(22)30-25/h10-13,19-21,25,28H,3-9,14-17H2,1-2H3. The van der Waals surface area contributed by atoms with Crippen LogP contribution in [0.15, 0.2) is 24.3 Å². The average molecular weight is 412 g/mol. The van der Waals surface area contributed by atoms with Gasteiger partial charge in [0.15, 0.2) is 11.5 Å². The molecule has 2 aliphatic heterocycles. The normalized spacial score (nSPS) is 33.3. The lowest BCUT2D eigenvalue weighted by Crippen LogP contribution is -2.64. The van der Waals surface area contributed by atoms with E-state index in [0.717, 1.165) is 43.9 Å². The molecule has 4 aliphatic rings. The minimum Gasteiger partial charge on any atom is -0.490 e. The first-order chi connectivity index (χ1) is 14.7. The molecule has 2 aliphatic carbocycles. The number of likely N-dealkylation sites (N-methyl/N-ethyl adjacent to an activating group) is 1. The number of unbranched alkanes of at least 4 members (excludes halogenated alkanes) is 6. The van der Waals surface area contributed by atoms with E-state index in [2.05, 4.69) is 37.1 Å². The van der Waals surface area contributed by atoms with Crippen molar-refractivity contribution in [3.8, 4) is 11.5 Å². The number of ether oxygens (including phenoxy) is 2. The highest BCUT2D eigenvalue weighted by Crippen LogP contribution is 2.62. The number of nitrogens with zero attached hydrogens (tertiary/aromatic N) is 1. The number of benzene rings is 1. The Bertz CT molecular complexity index is 806. The Labute approximate surface area is 181 Å². The largest absolute Gasteiger partial charge is 0.490 e. The van der Waals surface area contributed by atoms with Crippen molar-refractivity contribution in [3.63, 3.8) is 0 Å². The molecule has 164 valence electrons. The molecule has 0 saturated carbocycles. The van der Waals surface area contributed by atoms with E-state index in [1.54, 1.807) is 0 Å². The highest BCUT2D eigenvalue weighted by atomic mass is 16.5. The minimum atomic E-state index is -0.542. The second-order valence-electron chi connectivity index (χ2n) is 9.88. The van der Waals surface area contributed by atoms with Gasteiger partial charge in [0.2, 0.25) is 0 Å². The zero-order chi connectivity index (χ0) is 20.7. The van der Waals surface area contributed by atoms with E-state index >= 15 is 0 Å². The number of rotatable bonds is 9. The number of likely N-dealkylation sites (tertiary alicyclic amines) is 1. The summed E-state index contributed by atoms with van der Waals surface area (Å²) in [5.74, 6) is 2.22. The number of piperidine rings is 1. The Balaban J connectivity index is 1.33. The molecule has 1 spiro atoms. The summed E-state index contributed by atoms with van der Waals surface area (Å²) in [5.41, 5.74) is 2.65. The summed E-state index contributed by atoms with van der Waals surface area (Å²) in [4.78, 5) is 2.50. The first-order valence-corrected chi connectivity index (χ1v) is 12.2. The van der Waals surface area contributed by atoms with Gasteiger partial charge in [0.25, 0.3) is 0 Å². The third kappa shape index (κ3) is 3.10. The van der Waals surface area contributed by atoms with E-state index in [1.165, 1.54) is 49.7 Å². The fourth-order valence-electron chi connectivity index (χ4n) is 6.58. The maximum atomic E-state index is 10.8. The summed E-state index contributed by atoms with van der Waals surface area (Å²) >= 11 is 0. The van der Waals surface area contributed by atoms with Crippen molar-refractivity contribution in [3.05, 3.63) is 35.4 Å². The molecule has 4 heteroatoms. The highest BCUT2D eigenvalue weighted by molar-refractivity contribution is 5.62. The first-order valence-electron chi connectivity index (χ1n) is 12.2. The third-order valence-corrected chi connectivity index (χ3v) is 8.14. The van der Waals surface area contributed by atoms with Gasteiger partial charge in [-0.25, -0.2) is 0 Å². The zero-order valence-electron chi connectivity index (χ0n) is 18.6. The van der Waals surface area contributed by atoms with E-state index < -0.39 is 6.10 Å². The molecule has 0 amide bonds. The van der Waals surface area contributed by atoms with Gasteiger partial charge in [-0.1, -0.05) is 63.7 Å². The van der Waals surface area contributed by atoms with Crippen molar-refractivity contribution in [1.29, 1.82) is 0 Å². The van der Waals surface area contributed by atoms with Gasteiger partial charge in [-0.05, 0) is 44.5 Å². The topological polar surface area (TPSA) is 41.9 Å². The average Bonchev–Trinajstić information content (AvgIpc) is 3.10. The fourth-order valence-corrected chi connectivity index (χ4v) is 6.58. The number of hydrogen-bond donors (Lipinski definition) is 1. The highest BCUT2D eigenvalue weighted by Gasteiger charge is 2.64. The molecular formula is C26H37NO3. The lowest BCUT2D eigenvalue weighted by Gasteiger charge is -2.56. The number of aliphatic hydroxyl groups excluding tert-OH is 1. The maximum Gasteiger partial charge on any atom is 0.165 e. The lowest BCUT2D eigenvalue weighted by atomic mass is 9.53. The molecule has 1 N–H and O–H groups in total. The summed E-state index contributed by atoms with van der Waals surface area (Å²) in [6.45, 7) is 4.07. The monoisotopic (exact) mass is 411 g/mol. The lowest BCUT2D eigenvalue weighted by molar-refractivity contribution is -0.0454. The van der Waals surface area contributed by atoms with Gasteiger partial charge in [-0.15, -0.1) is 0 Å². The number of aliphatic hydroxyl groups is 1. The molecule has 2 heterocycles. The molecule has 1 fully saturated rings. The van der Waals surface area contributed by atoms with Crippen molar-refractivity contribution in [1.82, 2.24) is 4.90 Å². The van der Waals surface area contributed by atoms with Crippen LogP contribution >= 0.6 is 0 Å². The Morgan fingerprint density at radius 3 is 2.77 bits per heavy atom. The van der Waals surface area contributed by atoms with Crippen LogP contribution in [0.4, 0.5) is 0 Å². The molecule has 5 unspecified atom stereocenters. The van der Waals surface area contributed by atoms with Crippen molar-refractivity contribution < 1.29 is 14.6 Å². The Morgan fingerprint density at radius 1 is 1.13 bits per heavy atom. The van der Waals surface area contributed by atoms with Crippen LogP contribution in [0.2, 0.25) is 0 Å². The van der Waals surface area contributed by atoms with Gasteiger partial charge >= 0.3 is 0 Å². The Morgan fingerprint density at radius 2 is 1.93 bits per heavy atom. The predicted molar refractivity (Wildman–Crippen MR) is 119 cm³/mol. The van der Waals surface area contributed by atoms with E-state index in [4.69, 9.17) is 9.47 Å². The second kappa shape index (κ2) is 8.20. The molecule has 2 bridgehead atoms. The molecule has 5 atom stereocenters. The summed E-state index contributed by atoms with van der Waals surface area (Å²) in [5, 5.41) is 10.8. The molecule has 1 aromatic carbocycles. The maximum absolute atomic E-state index is 10.8. The molecule has 0 aromatic heterocycles. The van der Waals surface area contributed by atoms with Crippen LogP contribution in [0, 0.1) is 5.92 Å². The summed E-state index contributed by atoms with van der Waals surface area (Å²) in [6, 6.07) is 4.87. The van der Waals surface area contributed by atoms with Gasteiger partial charge in [0.1, 0.15) is 12.2 Å². The minimum absolute atomic E-state index is 0.0904. The van der Waals surface area contributed by atoms with Crippen LogP contribution in [0.1, 0.15) is 69.4 Å². The van der Waals surface area contributed by atoms with Crippen molar-refractivity contribution in [2.24, 2.45) is 5.92 Å². The molecular weight excluding hydrogens is 374 g/mol. The summed E-state index contributed by atoms with van der Waals surface area (Å²) < 4.78 is 12.8. The zero-order valence-corrected chi connectivity index (χ0v) is 18.6. The second-order valence-corrected chi connectivity index (χ2v) is 9.88. The van der Waals surface area contributed by atoms with Crippen LogP contribution < -0.4 is 9.47 Å². The summed E-state index contributed by atoms with van der Waals surface area (Å²) in [6.07, 6.45) is 14.6. The van der Waals surface area contributed by atoms with Crippen molar-refractivity contribution >= 4 is 0 Å². The Kier molecular flexibility index (Phi) is 5.57. The first kappa shape index (κ1) is 20.4. The van der Waals surface area contributed by atoms with Gasteiger partial charge in [-0.2, -0.15) is 0 Å². The van der Waals surface area contributed by atoms with Crippen LogP contribution in [0.25, 0.3) is 0 Å². The molecule has 5 rings (SSSR count). The van der Waals surface area contributed by atoms with Crippen LogP contribution in [-0.4, -0.2) is 48.5 Å². The predicted octanol–water partition coefficient (Wildman–Crippen LogP) is 4.62. The smallest absolute Gasteiger partial charge is 0.165 e. The van der Waals surface area contributed by atoms with Gasteiger partial charge < -0.3 is 19.5 Å². The summed E-state index contributed by atoms with van der Waals surface area (Å²) in [7, 11) is 2.24. The van der Waals surface area contributed by atoms with E-state index in [1.807, 2.05) is 6.08 Å². The molecule has 1 saturated heterocycles. The van der Waals surface area contributed by atoms with Crippen LogP contribution in [0.5, 0.6) is 11.5 Å². The quantitative estimate of drug-likeness (QED) is 0.475. The third-order valence-electron chi connectivity index (χ3n) is 8.14. The van der Waals surface area contributed by atoms with Gasteiger partial charge in [0.05, 0.1) is 6.61 Å². The molecule has 30 heavy (non-hydrogen) atoms. The number of hydrogen-bond acceptors (Lipinski definition) is 4. The van der Waals surface area contributed by atoms with E-state index in [-0.39, 0.29) is 11.5 Å². The Hall–Kier alpha value is -1.52. The van der Waals surface area contributed by atoms with Gasteiger partial charge in [-0.3, -0.25) is 0 Å². The van der Waals surface area contributed by atoms with E-state index in [0.29, 0.717) is 12.0 Å².